The summed E-state index contributed by atoms with van der Waals surface area (Å²) in [5, 5.41) is 0. The van der Waals surface area contributed by atoms with Gasteiger partial charge in [-0.05, 0) is 5.56 Å². The Morgan fingerprint density at radius 1 is 1.21 bits per heavy atom. The average Bonchev–Trinajstić information content (AvgIpc) is 2.31. The minimum Gasteiger partial charge on any atom is -0.358 e. The van der Waals surface area contributed by atoms with Gasteiger partial charge in [0.15, 0.2) is 11.9 Å². The molecule has 0 spiro atoms. The summed E-state index contributed by atoms with van der Waals surface area (Å²) >= 11 is 0. The highest BCUT2D eigenvalue weighted by molar-refractivity contribution is 5.67. The molecule has 1 atom stereocenters. The highest BCUT2D eigenvalue weighted by Crippen LogP contribution is 2.30. The van der Waals surface area contributed by atoms with Crippen molar-refractivity contribution in [3.05, 3.63) is 48.0 Å². The van der Waals surface area contributed by atoms with Crippen molar-refractivity contribution < 1.29 is 9.53 Å². The van der Waals surface area contributed by atoms with Crippen molar-refractivity contribution in [2.75, 3.05) is 6.61 Å². The van der Waals surface area contributed by atoms with E-state index in [1.54, 1.807) is 0 Å². The van der Waals surface area contributed by atoms with Crippen molar-refractivity contribution in [2.45, 2.75) is 12.0 Å². The number of benzene rings is 1. The Hall–Kier alpha value is -1.41. The van der Waals surface area contributed by atoms with E-state index in [4.69, 9.17) is 4.74 Å². The Labute approximate surface area is 83.2 Å². The maximum Gasteiger partial charge on any atom is 0.156 e. The van der Waals surface area contributed by atoms with Crippen molar-refractivity contribution >= 4 is 6.29 Å². The SMILES string of the molecule is O=C[C@]1(c2ccccc2)CC=CCO1. The van der Waals surface area contributed by atoms with Crippen LogP contribution in [0, 0.1) is 0 Å². The Kier molecular flexibility index (Phi) is 2.46. The monoisotopic (exact) mass is 188 g/mol. The summed E-state index contributed by atoms with van der Waals surface area (Å²) in [5.74, 6) is 0. The van der Waals surface area contributed by atoms with E-state index in [0.29, 0.717) is 13.0 Å². The molecule has 0 aromatic heterocycles. The zero-order valence-corrected chi connectivity index (χ0v) is 7.85. The molecule has 1 aliphatic heterocycles. The highest BCUT2D eigenvalue weighted by atomic mass is 16.5. The lowest BCUT2D eigenvalue weighted by Gasteiger charge is -2.29. The molecule has 0 saturated carbocycles. The largest absolute Gasteiger partial charge is 0.358 e. The maximum absolute atomic E-state index is 11.1. The minimum atomic E-state index is -0.754. The summed E-state index contributed by atoms with van der Waals surface area (Å²) in [6.07, 6.45) is 5.45. The zero-order valence-electron chi connectivity index (χ0n) is 7.85. The van der Waals surface area contributed by atoms with Crippen LogP contribution >= 0.6 is 0 Å². The van der Waals surface area contributed by atoms with E-state index in [1.807, 2.05) is 42.5 Å². The van der Waals surface area contributed by atoms with Crippen LogP contribution in [0.5, 0.6) is 0 Å². The average molecular weight is 188 g/mol. The lowest BCUT2D eigenvalue weighted by atomic mass is 9.90. The molecule has 72 valence electrons. The van der Waals surface area contributed by atoms with Gasteiger partial charge in [-0.3, -0.25) is 4.79 Å². The molecule has 0 amide bonds. The van der Waals surface area contributed by atoms with E-state index in [9.17, 15) is 4.79 Å². The molecule has 0 unspecified atom stereocenters. The molecule has 2 nitrogen and oxygen atoms in total. The molecule has 0 radical (unpaired) electrons. The number of carbonyl (C=O) groups excluding carboxylic acids is 1. The molecular weight excluding hydrogens is 176 g/mol. The van der Waals surface area contributed by atoms with Crippen molar-refractivity contribution in [1.82, 2.24) is 0 Å². The Morgan fingerprint density at radius 2 is 2.00 bits per heavy atom. The molecule has 0 N–H and O–H groups in total. The van der Waals surface area contributed by atoms with Crippen molar-refractivity contribution in [1.29, 1.82) is 0 Å². The summed E-state index contributed by atoms with van der Waals surface area (Å²) < 4.78 is 5.55. The predicted octanol–water partition coefficient (Wildman–Crippen LogP) is 2.06. The maximum atomic E-state index is 11.1. The van der Waals surface area contributed by atoms with E-state index in [2.05, 4.69) is 0 Å². The fourth-order valence-electron chi connectivity index (χ4n) is 1.65. The molecule has 0 bridgehead atoms. The molecule has 1 aromatic rings. The van der Waals surface area contributed by atoms with Crippen LogP contribution in [0.1, 0.15) is 12.0 Å². The van der Waals surface area contributed by atoms with Gasteiger partial charge in [0, 0.05) is 6.42 Å². The zero-order chi connectivity index (χ0) is 9.86. The van der Waals surface area contributed by atoms with Crippen molar-refractivity contribution in [3.8, 4) is 0 Å². The molecule has 1 heterocycles. The van der Waals surface area contributed by atoms with Crippen LogP contribution in [-0.2, 0) is 15.1 Å². The Balaban J connectivity index is 2.38. The summed E-state index contributed by atoms with van der Waals surface area (Å²) in [4.78, 5) is 11.1. The Bertz CT molecular complexity index is 343. The molecule has 2 heteroatoms. The van der Waals surface area contributed by atoms with Gasteiger partial charge in [-0.25, -0.2) is 0 Å². The highest BCUT2D eigenvalue weighted by Gasteiger charge is 2.32. The van der Waals surface area contributed by atoms with Crippen LogP contribution in [-0.4, -0.2) is 12.9 Å². The van der Waals surface area contributed by atoms with E-state index in [-0.39, 0.29) is 0 Å². The summed E-state index contributed by atoms with van der Waals surface area (Å²) in [5.41, 5.74) is 0.176. The Morgan fingerprint density at radius 3 is 2.57 bits per heavy atom. The third-order valence-electron chi connectivity index (χ3n) is 2.48. The first-order valence-electron chi connectivity index (χ1n) is 4.68. The fourth-order valence-corrected chi connectivity index (χ4v) is 1.65. The second kappa shape index (κ2) is 3.76. The van der Waals surface area contributed by atoms with Gasteiger partial charge >= 0.3 is 0 Å². The number of rotatable bonds is 2. The molecule has 0 aliphatic carbocycles. The van der Waals surface area contributed by atoms with Gasteiger partial charge in [0.1, 0.15) is 0 Å². The van der Waals surface area contributed by atoms with Crippen LogP contribution in [0.25, 0.3) is 0 Å². The third kappa shape index (κ3) is 1.49. The first-order valence-corrected chi connectivity index (χ1v) is 4.68. The van der Waals surface area contributed by atoms with E-state index >= 15 is 0 Å². The lowest BCUT2D eigenvalue weighted by Crippen LogP contribution is -2.33. The molecule has 2 rings (SSSR count). The quantitative estimate of drug-likeness (QED) is 0.524. The van der Waals surface area contributed by atoms with E-state index in [1.165, 1.54) is 0 Å². The normalized spacial score (nSPS) is 26.0. The van der Waals surface area contributed by atoms with Crippen LogP contribution < -0.4 is 0 Å². The van der Waals surface area contributed by atoms with Crippen LogP contribution in [0.4, 0.5) is 0 Å². The third-order valence-corrected chi connectivity index (χ3v) is 2.48. The number of hydrogen-bond acceptors (Lipinski definition) is 2. The van der Waals surface area contributed by atoms with E-state index < -0.39 is 5.60 Å². The second-order valence-electron chi connectivity index (χ2n) is 3.36. The molecule has 1 aromatic carbocycles. The van der Waals surface area contributed by atoms with Gasteiger partial charge in [-0.1, -0.05) is 42.5 Å². The van der Waals surface area contributed by atoms with E-state index in [0.717, 1.165) is 11.8 Å². The first kappa shape index (κ1) is 9.16. The lowest BCUT2D eigenvalue weighted by molar-refractivity contribution is -0.131. The molecule has 0 fully saturated rings. The summed E-state index contributed by atoms with van der Waals surface area (Å²) in [6.45, 7) is 0.508. The van der Waals surface area contributed by atoms with Gasteiger partial charge in [0.05, 0.1) is 6.61 Å². The predicted molar refractivity (Wildman–Crippen MR) is 53.9 cm³/mol. The second-order valence-corrected chi connectivity index (χ2v) is 3.36. The van der Waals surface area contributed by atoms with Crippen LogP contribution in [0.15, 0.2) is 42.5 Å². The minimum absolute atomic E-state index is 0.508. The fraction of sp³-hybridized carbons (Fsp3) is 0.250. The van der Waals surface area contributed by atoms with Gasteiger partial charge in [-0.2, -0.15) is 0 Å². The van der Waals surface area contributed by atoms with Crippen LogP contribution in [0.3, 0.4) is 0 Å². The summed E-state index contributed by atoms with van der Waals surface area (Å²) in [7, 11) is 0. The molecule has 1 aliphatic rings. The standard InChI is InChI=1S/C12H12O2/c13-10-12(8-4-5-9-14-12)11-6-2-1-3-7-11/h1-7,10H,8-9H2/t12-/m0/s1. The van der Waals surface area contributed by atoms with Gasteiger partial charge < -0.3 is 4.74 Å². The van der Waals surface area contributed by atoms with Gasteiger partial charge in [-0.15, -0.1) is 0 Å². The van der Waals surface area contributed by atoms with Gasteiger partial charge in [0.2, 0.25) is 0 Å². The number of carbonyl (C=O) groups is 1. The molecule has 14 heavy (non-hydrogen) atoms. The molecule has 0 saturated heterocycles. The summed E-state index contributed by atoms with van der Waals surface area (Å²) in [6, 6.07) is 9.62. The van der Waals surface area contributed by atoms with Crippen molar-refractivity contribution in [3.63, 3.8) is 0 Å². The van der Waals surface area contributed by atoms with Gasteiger partial charge in [0.25, 0.3) is 0 Å². The first-order chi connectivity index (χ1) is 6.87. The molecular formula is C12H12O2. The smallest absolute Gasteiger partial charge is 0.156 e. The number of ether oxygens (including phenoxy) is 1. The van der Waals surface area contributed by atoms with Crippen LogP contribution in [0.2, 0.25) is 0 Å². The number of hydrogen-bond donors (Lipinski definition) is 0. The number of aldehydes is 1. The van der Waals surface area contributed by atoms with Crippen molar-refractivity contribution in [2.24, 2.45) is 0 Å². The topological polar surface area (TPSA) is 26.3 Å².